The topological polar surface area (TPSA) is 35.2 Å². The number of hydrogen-bond acceptors (Lipinski definition) is 2. The van der Waals surface area contributed by atoms with Crippen LogP contribution >= 0.6 is 15.9 Å². The molecule has 1 atom stereocenters. The maximum Gasteiger partial charge on any atom is 0.129 e. The van der Waals surface area contributed by atoms with Gasteiger partial charge in [-0.3, -0.25) is 0 Å². The Morgan fingerprint density at radius 1 is 1.26 bits per heavy atom. The zero-order valence-electron chi connectivity index (χ0n) is 10.6. The van der Waals surface area contributed by atoms with Gasteiger partial charge < -0.3 is 10.5 Å². The molecule has 0 saturated carbocycles. The van der Waals surface area contributed by atoms with Crippen molar-refractivity contribution in [3.05, 3.63) is 63.9 Å². The molecule has 2 nitrogen and oxygen atoms in total. The molecule has 0 spiro atoms. The molecular formula is C15H15BrFNO. The normalized spacial score (nSPS) is 12.2. The van der Waals surface area contributed by atoms with E-state index in [0.717, 1.165) is 11.3 Å². The molecule has 1 unspecified atom stereocenters. The van der Waals surface area contributed by atoms with Crippen LogP contribution in [-0.2, 0) is 6.42 Å². The maximum absolute atomic E-state index is 13.8. The first-order valence-electron chi connectivity index (χ1n) is 5.93. The Balaban J connectivity index is 2.17. The fraction of sp³-hybridized carbons (Fsp3) is 0.200. The van der Waals surface area contributed by atoms with Gasteiger partial charge in [0, 0.05) is 16.1 Å². The third kappa shape index (κ3) is 3.55. The van der Waals surface area contributed by atoms with Gasteiger partial charge in [0.1, 0.15) is 11.6 Å². The van der Waals surface area contributed by atoms with Crippen LogP contribution in [0.1, 0.15) is 17.2 Å². The molecule has 100 valence electrons. The van der Waals surface area contributed by atoms with Crippen LogP contribution < -0.4 is 10.5 Å². The standard InChI is InChI=1S/C15H15BrFNO/c1-19-12-4-2-3-10(7-12)8-15(18)13-6-5-11(16)9-14(13)17/h2-7,9,15H,8,18H2,1H3. The summed E-state index contributed by atoms with van der Waals surface area (Å²) in [5.41, 5.74) is 7.62. The van der Waals surface area contributed by atoms with Crippen molar-refractivity contribution in [1.82, 2.24) is 0 Å². The van der Waals surface area contributed by atoms with E-state index in [0.29, 0.717) is 16.5 Å². The van der Waals surface area contributed by atoms with Crippen LogP contribution in [0.4, 0.5) is 4.39 Å². The summed E-state index contributed by atoms with van der Waals surface area (Å²) in [5.74, 6) is 0.491. The minimum Gasteiger partial charge on any atom is -0.497 e. The van der Waals surface area contributed by atoms with Gasteiger partial charge in [0.15, 0.2) is 0 Å². The molecule has 0 aliphatic carbocycles. The zero-order chi connectivity index (χ0) is 13.8. The first-order valence-corrected chi connectivity index (χ1v) is 6.73. The predicted octanol–water partition coefficient (Wildman–Crippen LogP) is 3.84. The lowest BCUT2D eigenvalue weighted by Crippen LogP contribution is -2.15. The summed E-state index contributed by atoms with van der Waals surface area (Å²) in [6.45, 7) is 0. The second-order valence-corrected chi connectivity index (χ2v) is 5.24. The van der Waals surface area contributed by atoms with Crippen molar-refractivity contribution in [2.45, 2.75) is 12.5 Å². The van der Waals surface area contributed by atoms with Crippen LogP contribution in [0, 0.1) is 5.82 Å². The Kier molecular flexibility index (Phi) is 4.56. The van der Waals surface area contributed by atoms with Gasteiger partial charge in [-0.15, -0.1) is 0 Å². The van der Waals surface area contributed by atoms with Crippen molar-refractivity contribution in [3.63, 3.8) is 0 Å². The fourth-order valence-corrected chi connectivity index (χ4v) is 2.30. The predicted molar refractivity (Wildman–Crippen MR) is 77.7 cm³/mol. The number of ether oxygens (including phenoxy) is 1. The number of nitrogens with two attached hydrogens (primary N) is 1. The van der Waals surface area contributed by atoms with Crippen molar-refractivity contribution in [2.24, 2.45) is 5.73 Å². The summed E-state index contributed by atoms with van der Waals surface area (Å²) in [7, 11) is 1.62. The van der Waals surface area contributed by atoms with E-state index >= 15 is 0 Å². The highest BCUT2D eigenvalue weighted by Crippen LogP contribution is 2.23. The van der Waals surface area contributed by atoms with Gasteiger partial charge in [0.25, 0.3) is 0 Å². The molecule has 19 heavy (non-hydrogen) atoms. The van der Waals surface area contributed by atoms with E-state index in [9.17, 15) is 4.39 Å². The van der Waals surface area contributed by atoms with Crippen molar-refractivity contribution in [2.75, 3.05) is 7.11 Å². The summed E-state index contributed by atoms with van der Waals surface area (Å²) in [6, 6.07) is 12.2. The molecule has 0 aromatic heterocycles. The van der Waals surface area contributed by atoms with Crippen LogP contribution in [0.5, 0.6) is 5.75 Å². The molecule has 0 radical (unpaired) electrons. The number of hydrogen-bond donors (Lipinski definition) is 1. The molecule has 2 aromatic carbocycles. The first kappa shape index (κ1) is 14.0. The molecule has 2 rings (SSSR count). The van der Waals surface area contributed by atoms with Crippen LogP contribution in [0.15, 0.2) is 46.9 Å². The molecule has 0 fully saturated rings. The van der Waals surface area contributed by atoms with E-state index in [4.69, 9.17) is 10.5 Å². The van der Waals surface area contributed by atoms with Gasteiger partial charge in [-0.25, -0.2) is 4.39 Å². The molecule has 0 aliphatic rings. The van der Waals surface area contributed by atoms with E-state index in [2.05, 4.69) is 15.9 Å². The van der Waals surface area contributed by atoms with Crippen molar-refractivity contribution >= 4 is 15.9 Å². The SMILES string of the molecule is COc1cccc(CC(N)c2ccc(Br)cc2F)c1. The van der Waals surface area contributed by atoms with Gasteiger partial charge in [0.05, 0.1) is 7.11 Å². The number of methoxy groups -OCH3 is 1. The van der Waals surface area contributed by atoms with E-state index < -0.39 is 0 Å². The number of halogens is 2. The monoisotopic (exact) mass is 323 g/mol. The van der Waals surface area contributed by atoms with Crippen LogP contribution in [0.2, 0.25) is 0 Å². The lowest BCUT2D eigenvalue weighted by Gasteiger charge is -2.14. The van der Waals surface area contributed by atoms with Crippen molar-refractivity contribution in [1.29, 1.82) is 0 Å². The molecule has 0 aliphatic heterocycles. The number of benzene rings is 2. The van der Waals surface area contributed by atoms with E-state index in [1.54, 1.807) is 19.2 Å². The number of rotatable bonds is 4. The van der Waals surface area contributed by atoms with E-state index in [-0.39, 0.29) is 11.9 Å². The van der Waals surface area contributed by atoms with Gasteiger partial charge in [-0.05, 0) is 36.2 Å². The lowest BCUT2D eigenvalue weighted by molar-refractivity contribution is 0.414. The largest absolute Gasteiger partial charge is 0.497 e. The van der Waals surface area contributed by atoms with Gasteiger partial charge >= 0.3 is 0 Å². The Bertz CT molecular complexity index is 574. The quantitative estimate of drug-likeness (QED) is 0.927. The Labute approximate surface area is 120 Å². The summed E-state index contributed by atoms with van der Waals surface area (Å²) < 4.78 is 19.7. The highest BCUT2D eigenvalue weighted by Gasteiger charge is 2.12. The van der Waals surface area contributed by atoms with Crippen LogP contribution in [-0.4, -0.2) is 7.11 Å². The summed E-state index contributed by atoms with van der Waals surface area (Å²) in [4.78, 5) is 0. The maximum atomic E-state index is 13.8. The average Bonchev–Trinajstić information content (AvgIpc) is 2.38. The summed E-state index contributed by atoms with van der Waals surface area (Å²) >= 11 is 3.23. The van der Waals surface area contributed by atoms with Crippen molar-refractivity contribution < 1.29 is 9.13 Å². The van der Waals surface area contributed by atoms with Gasteiger partial charge in [0.2, 0.25) is 0 Å². The van der Waals surface area contributed by atoms with E-state index in [1.165, 1.54) is 6.07 Å². The molecule has 4 heteroatoms. The highest BCUT2D eigenvalue weighted by atomic mass is 79.9. The zero-order valence-corrected chi connectivity index (χ0v) is 12.2. The summed E-state index contributed by atoms with van der Waals surface area (Å²) in [6.07, 6.45) is 0.565. The highest BCUT2D eigenvalue weighted by molar-refractivity contribution is 9.10. The van der Waals surface area contributed by atoms with Crippen LogP contribution in [0.25, 0.3) is 0 Å². The first-order chi connectivity index (χ1) is 9.10. The second kappa shape index (κ2) is 6.17. The van der Waals surface area contributed by atoms with E-state index in [1.807, 2.05) is 24.3 Å². The third-order valence-electron chi connectivity index (χ3n) is 2.95. The minimum absolute atomic E-state index is 0.287. The van der Waals surface area contributed by atoms with Gasteiger partial charge in [-0.1, -0.05) is 34.1 Å². The molecule has 2 N–H and O–H groups in total. The third-order valence-corrected chi connectivity index (χ3v) is 3.44. The Morgan fingerprint density at radius 3 is 2.74 bits per heavy atom. The summed E-state index contributed by atoms with van der Waals surface area (Å²) in [5, 5.41) is 0. The van der Waals surface area contributed by atoms with Gasteiger partial charge in [-0.2, -0.15) is 0 Å². The molecule has 0 amide bonds. The lowest BCUT2D eigenvalue weighted by atomic mass is 9.99. The molecule has 0 bridgehead atoms. The molecule has 0 heterocycles. The minimum atomic E-state index is -0.375. The van der Waals surface area contributed by atoms with Crippen molar-refractivity contribution in [3.8, 4) is 5.75 Å². The molecular weight excluding hydrogens is 309 g/mol. The second-order valence-electron chi connectivity index (χ2n) is 4.33. The Hall–Kier alpha value is -1.39. The molecule has 0 saturated heterocycles. The molecule has 2 aromatic rings. The van der Waals surface area contributed by atoms with Crippen LogP contribution in [0.3, 0.4) is 0 Å². The smallest absolute Gasteiger partial charge is 0.129 e. The fourth-order valence-electron chi connectivity index (χ4n) is 1.97. The Morgan fingerprint density at radius 2 is 2.05 bits per heavy atom. The average molecular weight is 324 g/mol.